The molecule has 2 N–H and O–H groups in total. The number of carbonyl (C=O) groups is 2. The van der Waals surface area contributed by atoms with Crippen LogP contribution < -0.4 is 10.9 Å². The van der Waals surface area contributed by atoms with Gasteiger partial charge in [-0.3, -0.25) is 9.59 Å². The van der Waals surface area contributed by atoms with Gasteiger partial charge in [-0.25, -0.2) is 10.9 Å². The summed E-state index contributed by atoms with van der Waals surface area (Å²) in [5.41, 5.74) is 6.09. The number of nitrogens with one attached hydrogen (secondary N) is 2. The molecular formula is C9H11N4O2. The monoisotopic (exact) mass is 207 g/mol. The Balaban J connectivity index is 2.09. The highest BCUT2D eigenvalue weighted by atomic mass is 16.2. The quantitative estimate of drug-likeness (QED) is 0.636. The normalized spacial score (nSPS) is 29.7. The van der Waals surface area contributed by atoms with Crippen LogP contribution in [0.3, 0.4) is 0 Å². The topological polar surface area (TPSA) is 82.9 Å². The van der Waals surface area contributed by atoms with Gasteiger partial charge in [0.25, 0.3) is 0 Å². The van der Waals surface area contributed by atoms with Crippen molar-refractivity contribution in [1.29, 1.82) is 0 Å². The number of amides is 2. The van der Waals surface area contributed by atoms with Crippen LogP contribution in [0.25, 0.3) is 0 Å². The van der Waals surface area contributed by atoms with Gasteiger partial charge in [-0.15, -0.1) is 0 Å². The first-order chi connectivity index (χ1) is 7.09. The van der Waals surface area contributed by atoms with Gasteiger partial charge in [-0.1, -0.05) is 0 Å². The number of hydrogen-bond donors (Lipinski definition) is 2. The summed E-state index contributed by atoms with van der Waals surface area (Å²) in [5.74, 6) is -1.24. The van der Waals surface area contributed by atoms with Crippen LogP contribution in [0.2, 0.25) is 0 Å². The molecule has 2 heterocycles. The summed E-state index contributed by atoms with van der Waals surface area (Å²) in [6, 6.07) is 0. The van der Waals surface area contributed by atoms with Crippen LogP contribution in [0.5, 0.6) is 0 Å². The van der Waals surface area contributed by atoms with E-state index in [-0.39, 0.29) is 11.8 Å². The Morgan fingerprint density at radius 3 is 1.67 bits per heavy atom. The van der Waals surface area contributed by atoms with Gasteiger partial charge in [0.05, 0.1) is 11.8 Å². The number of rotatable bonds is 2. The maximum atomic E-state index is 11.4. The van der Waals surface area contributed by atoms with Gasteiger partial charge in [0, 0.05) is 11.4 Å². The Kier molecular flexibility index (Phi) is 2.26. The van der Waals surface area contributed by atoms with Gasteiger partial charge in [-0.05, 0) is 20.3 Å². The van der Waals surface area contributed by atoms with Gasteiger partial charge in [0.1, 0.15) is 0 Å². The molecule has 2 rings (SSSR count). The van der Waals surface area contributed by atoms with E-state index in [9.17, 15) is 9.59 Å². The summed E-state index contributed by atoms with van der Waals surface area (Å²) in [6.45, 7) is 3.50. The van der Waals surface area contributed by atoms with Crippen LogP contribution in [-0.2, 0) is 9.59 Å². The minimum absolute atomic E-state index is 0.194. The lowest BCUT2D eigenvalue weighted by molar-refractivity contribution is -0.122. The van der Waals surface area contributed by atoms with Gasteiger partial charge >= 0.3 is 0 Å². The van der Waals surface area contributed by atoms with Crippen molar-refractivity contribution in [2.24, 2.45) is 22.0 Å². The molecule has 2 amide bonds. The molecule has 0 aromatic carbocycles. The zero-order valence-electron chi connectivity index (χ0n) is 8.44. The fraction of sp³-hybridized carbons (Fsp3) is 0.444. The predicted octanol–water partition coefficient (Wildman–Crippen LogP) is -0.566. The van der Waals surface area contributed by atoms with E-state index in [4.69, 9.17) is 0 Å². The first kappa shape index (κ1) is 9.82. The molecule has 0 aliphatic carbocycles. The summed E-state index contributed by atoms with van der Waals surface area (Å²) in [7, 11) is 0. The Morgan fingerprint density at radius 1 is 1.00 bits per heavy atom. The molecule has 0 spiro atoms. The number of carbonyl (C=O) groups excluding carboxylic acids is 2. The van der Waals surface area contributed by atoms with Crippen LogP contribution in [0.4, 0.5) is 0 Å². The predicted molar refractivity (Wildman–Crippen MR) is 53.8 cm³/mol. The van der Waals surface area contributed by atoms with Gasteiger partial charge in [0.2, 0.25) is 11.8 Å². The van der Waals surface area contributed by atoms with Crippen molar-refractivity contribution in [3.8, 4) is 0 Å². The first-order valence-electron chi connectivity index (χ1n) is 4.62. The minimum Gasteiger partial charge on any atom is -0.272 e. The van der Waals surface area contributed by atoms with Crippen molar-refractivity contribution in [2.75, 3.05) is 0 Å². The van der Waals surface area contributed by atoms with Crippen molar-refractivity contribution in [1.82, 2.24) is 10.9 Å². The maximum Gasteiger partial charge on any atom is 0.249 e. The number of hydrogen-bond acceptors (Lipinski definition) is 4. The molecule has 1 radical (unpaired) electrons. The van der Waals surface area contributed by atoms with Crippen molar-refractivity contribution in [3.63, 3.8) is 0 Å². The van der Waals surface area contributed by atoms with E-state index < -0.39 is 11.8 Å². The van der Waals surface area contributed by atoms with Crippen LogP contribution in [-0.4, -0.2) is 23.2 Å². The third-order valence-electron chi connectivity index (χ3n) is 2.53. The standard InChI is InChI=1S/C9H11N4O2/c1-4-6(8(14)12-10-4)3-7-5(2)11-13-9(7)15/h3,6-7H,1-2H3,(H,12,14)(H,13,15). The molecule has 0 saturated carbocycles. The average molecular weight is 207 g/mol. The zero-order chi connectivity index (χ0) is 11.0. The third-order valence-corrected chi connectivity index (χ3v) is 2.53. The highest BCUT2D eigenvalue weighted by Crippen LogP contribution is 2.20. The van der Waals surface area contributed by atoms with Crippen molar-refractivity contribution in [2.45, 2.75) is 13.8 Å². The molecule has 6 heteroatoms. The molecule has 2 aliphatic heterocycles. The van der Waals surface area contributed by atoms with E-state index >= 15 is 0 Å². The fourth-order valence-corrected chi connectivity index (χ4v) is 1.59. The molecule has 6 nitrogen and oxygen atoms in total. The Labute approximate surface area is 86.8 Å². The smallest absolute Gasteiger partial charge is 0.249 e. The first-order valence-corrected chi connectivity index (χ1v) is 4.62. The minimum atomic E-state index is -0.427. The lowest BCUT2D eigenvalue weighted by atomic mass is 9.89. The molecule has 2 atom stereocenters. The van der Waals surface area contributed by atoms with E-state index in [1.165, 1.54) is 0 Å². The fourth-order valence-electron chi connectivity index (χ4n) is 1.59. The highest BCUT2D eigenvalue weighted by Gasteiger charge is 2.36. The molecule has 0 bridgehead atoms. The molecule has 2 aliphatic rings. The molecule has 0 saturated heterocycles. The van der Waals surface area contributed by atoms with Crippen molar-refractivity contribution < 1.29 is 9.59 Å². The van der Waals surface area contributed by atoms with E-state index in [1.807, 2.05) is 0 Å². The molecule has 15 heavy (non-hydrogen) atoms. The maximum absolute atomic E-state index is 11.4. The van der Waals surface area contributed by atoms with Crippen LogP contribution in [0.15, 0.2) is 10.2 Å². The average Bonchev–Trinajstić information content (AvgIpc) is 2.67. The lowest BCUT2D eigenvalue weighted by Gasteiger charge is -2.11. The Bertz CT molecular complexity index is 350. The van der Waals surface area contributed by atoms with Gasteiger partial charge < -0.3 is 0 Å². The van der Waals surface area contributed by atoms with Crippen LogP contribution in [0.1, 0.15) is 13.8 Å². The zero-order valence-corrected chi connectivity index (χ0v) is 8.44. The Hall–Kier alpha value is -1.72. The van der Waals surface area contributed by atoms with E-state index in [0.29, 0.717) is 11.4 Å². The van der Waals surface area contributed by atoms with E-state index in [1.54, 1.807) is 20.3 Å². The van der Waals surface area contributed by atoms with Gasteiger partial charge in [-0.2, -0.15) is 10.2 Å². The largest absolute Gasteiger partial charge is 0.272 e. The second-order valence-electron chi connectivity index (χ2n) is 3.61. The van der Waals surface area contributed by atoms with Crippen LogP contribution in [0, 0.1) is 18.3 Å². The third kappa shape index (κ3) is 1.62. The number of nitrogens with zero attached hydrogens (tertiary/aromatic N) is 2. The molecule has 0 aromatic rings. The Morgan fingerprint density at radius 2 is 1.40 bits per heavy atom. The number of hydrazone groups is 2. The van der Waals surface area contributed by atoms with Crippen molar-refractivity contribution >= 4 is 23.2 Å². The molecular weight excluding hydrogens is 196 g/mol. The summed E-state index contributed by atoms with van der Waals surface area (Å²) in [6.07, 6.45) is 1.67. The van der Waals surface area contributed by atoms with Gasteiger partial charge in [0.15, 0.2) is 0 Å². The molecule has 0 fully saturated rings. The summed E-state index contributed by atoms with van der Waals surface area (Å²) in [5, 5.41) is 7.61. The van der Waals surface area contributed by atoms with Crippen molar-refractivity contribution in [3.05, 3.63) is 6.42 Å². The van der Waals surface area contributed by atoms with E-state index in [2.05, 4.69) is 21.1 Å². The van der Waals surface area contributed by atoms with E-state index in [0.717, 1.165) is 0 Å². The second-order valence-corrected chi connectivity index (χ2v) is 3.61. The SMILES string of the molecule is CC1=NNC(=O)C1[CH]C1C(=O)NN=C1C. The molecule has 79 valence electrons. The molecule has 2 unspecified atom stereocenters. The van der Waals surface area contributed by atoms with Crippen LogP contribution >= 0.6 is 0 Å². The highest BCUT2D eigenvalue weighted by molar-refractivity contribution is 6.13. The lowest BCUT2D eigenvalue weighted by Crippen LogP contribution is -2.31. The molecule has 0 aromatic heterocycles. The summed E-state index contributed by atoms with van der Waals surface area (Å²) in [4.78, 5) is 22.7. The summed E-state index contributed by atoms with van der Waals surface area (Å²) >= 11 is 0. The second kappa shape index (κ2) is 3.45. The summed E-state index contributed by atoms with van der Waals surface area (Å²) < 4.78 is 0.